The quantitative estimate of drug-likeness (QED) is 0.196. The van der Waals surface area contributed by atoms with Crippen molar-refractivity contribution < 1.29 is 37.4 Å². The molecule has 0 aromatic carbocycles. The second-order valence-corrected chi connectivity index (χ2v) is 16.5. The molecule has 0 aromatic heterocycles. The number of β-amino-alcohol motifs (C(OH)–C–C–N with tert-alkyl or cyclic N) is 1. The van der Waals surface area contributed by atoms with Gasteiger partial charge in [-0.05, 0) is 78.1 Å². The summed E-state index contributed by atoms with van der Waals surface area (Å²) >= 11 is 0. The maximum Gasteiger partial charge on any atom is 0.408 e. The van der Waals surface area contributed by atoms with Crippen molar-refractivity contribution in [3.63, 3.8) is 0 Å². The van der Waals surface area contributed by atoms with Crippen LogP contribution in [-0.4, -0.2) is 82.9 Å². The molecule has 0 spiro atoms. The van der Waals surface area contributed by atoms with Gasteiger partial charge in [0.25, 0.3) is 5.91 Å². The van der Waals surface area contributed by atoms with Gasteiger partial charge in [-0.2, -0.15) is 0 Å². The Morgan fingerprint density at radius 1 is 1.18 bits per heavy atom. The van der Waals surface area contributed by atoms with Gasteiger partial charge in [-0.1, -0.05) is 32.4 Å². The van der Waals surface area contributed by atoms with Crippen LogP contribution in [0.5, 0.6) is 0 Å². The minimum atomic E-state index is -3.96. The van der Waals surface area contributed by atoms with Crippen molar-refractivity contribution in [3.8, 4) is 0 Å². The number of hydrogen-bond acceptors (Lipinski definition) is 8. The first-order chi connectivity index (χ1) is 20.8. The van der Waals surface area contributed by atoms with E-state index < -0.39 is 73.8 Å². The average Bonchev–Trinajstić information content (AvgIpc) is 3.83. The number of aliphatic hydroxyl groups is 1. The maximum absolute atomic E-state index is 14.2. The highest BCUT2D eigenvalue weighted by Gasteiger charge is 2.63. The summed E-state index contributed by atoms with van der Waals surface area (Å²) in [4.78, 5) is 55.5. The predicted molar refractivity (Wildman–Crippen MR) is 170 cm³/mol. The number of nitrogens with zero attached hydrogens (tertiary/aromatic N) is 1. The van der Waals surface area contributed by atoms with E-state index in [2.05, 4.69) is 35.4 Å². The zero-order valence-corrected chi connectivity index (χ0v) is 28.4. The van der Waals surface area contributed by atoms with E-state index in [0.29, 0.717) is 25.7 Å². The number of amides is 4. The first-order valence-electron chi connectivity index (χ1n) is 15.9. The highest BCUT2D eigenvalue weighted by atomic mass is 32.2. The van der Waals surface area contributed by atoms with E-state index in [0.717, 1.165) is 12.8 Å². The first kappa shape index (κ1) is 36.5. The number of aliphatic hydroxyl groups excluding tert-OH is 1. The Kier molecular flexibility index (Phi) is 11.2. The van der Waals surface area contributed by atoms with Crippen molar-refractivity contribution in [3.05, 3.63) is 25.3 Å². The smallest absolute Gasteiger partial charge is 0.408 e. The number of carbonyl (C=O) groups is 4. The summed E-state index contributed by atoms with van der Waals surface area (Å²) in [7, 11) is -3.96. The van der Waals surface area contributed by atoms with Gasteiger partial charge in [0, 0.05) is 18.9 Å². The topological polar surface area (TPSA) is 171 Å². The van der Waals surface area contributed by atoms with Crippen LogP contribution in [0, 0.1) is 17.8 Å². The molecule has 0 aromatic rings. The number of hydrogen-bond donors (Lipinski definition) is 4. The Hall–Kier alpha value is -2.93. The normalized spacial score (nSPS) is 27.4. The zero-order chi connectivity index (χ0) is 34.0. The van der Waals surface area contributed by atoms with E-state index in [9.17, 15) is 32.7 Å². The summed E-state index contributed by atoms with van der Waals surface area (Å²) in [6.07, 6.45) is 5.27. The fourth-order valence-electron chi connectivity index (χ4n) is 5.99. The molecule has 13 heteroatoms. The van der Waals surface area contributed by atoms with Crippen molar-refractivity contribution >= 4 is 33.8 Å². The molecule has 3 fully saturated rings. The van der Waals surface area contributed by atoms with Gasteiger partial charge in [0.2, 0.25) is 21.8 Å². The van der Waals surface area contributed by atoms with Gasteiger partial charge >= 0.3 is 6.09 Å². The van der Waals surface area contributed by atoms with E-state index in [1.165, 1.54) is 11.0 Å². The lowest BCUT2D eigenvalue weighted by Gasteiger charge is -2.34. The molecule has 1 heterocycles. The maximum atomic E-state index is 14.2. The summed E-state index contributed by atoms with van der Waals surface area (Å²) in [6.45, 7) is 18.0. The summed E-state index contributed by atoms with van der Waals surface area (Å²) in [5.41, 5.74) is -2.35. The molecule has 3 rings (SSSR count). The van der Waals surface area contributed by atoms with Crippen LogP contribution >= 0.6 is 0 Å². The summed E-state index contributed by atoms with van der Waals surface area (Å²) in [5, 5.41) is 16.1. The lowest BCUT2D eigenvalue weighted by atomic mass is 9.85. The van der Waals surface area contributed by atoms with E-state index >= 15 is 0 Å². The fraction of sp³-hybridized carbons (Fsp3) is 0.750. The summed E-state index contributed by atoms with van der Waals surface area (Å²) in [6, 6.07) is -2.19. The van der Waals surface area contributed by atoms with Gasteiger partial charge in [0.05, 0.1) is 10.9 Å². The van der Waals surface area contributed by atoms with Crippen LogP contribution in [0.3, 0.4) is 0 Å². The molecule has 7 atom stereocenters. The number of sulfonamides is 1. The molecule has 1 unspecified atom stereocenters. The molecule has 3 aliphatic rings. The highest BCUT2D eigenvalue weighted by molar-refractivity contribution is 7.91. The monoisotopic (exact) mass is 652 g/mol. The van der Waals surface area contributed by atoms with Gasteiger partial charge < -0.3 is 25.4 Å². The Labute approximate surface area is 267 Å². The minimum Gasteiger partial charge on any atom is -0.444 e. The first-order valence-corrected chi connectivity index (χ1v) is 17.4. The molecule has 45 heavy (non-hydrogen) atoms. The third kappa shape index (κ3) is 8.66. The molecule has 2 saturated carbocycles. The Morgan fingerprint density at radius 2 is 1.82 bits per heavy atom. The van der Waals surface area contributed by atoms with Crippen molar-refractivity contribution in [2.75, 3.05) is 6.54 Å². The molecule has 1 saturated heterocycles. The van der Waals surface area contributed by atoms with E-state index in [4.69, 9.17) is 4.74 Å². The molecule has 4 N–H and O–H groups in total. The minimum absolute atomic E-state index is 0.0872. The number of allylic oxidation sites excluding steroid dienone is 1. The number of rotatable bonds is 15. The summed E-state index contributed by atoms with van der Waals surface area (Å²) in [5.74, 6) is -2.69. The van der Waals surface area contributed by atoms with Gasteiger partial charge in [0.15, 0.2) is 0 Å². The number of ether oxygens (including phenoxy) is 1. The van der Waals surface area contributed by atoms with Gasteiger partial charge in [0.1, 0.15) is 23.2 Å². The van der Waals surface area contributed by atoms with Gasteiger partial charge in [-0.15, -0.1) is 13.2 Å². The Bertz CT molecular complexity index is 1270. The molecular formula is C32H52N4O8S. The SMILES string of the molecule is C=CCCC(C)C[C@@H](CC)[C@H](NC(=O)OC(C)(C)C)C(=O)N1C[C@H](O)C[C@H]1C(=O)N[C@]1(C(=O)NS(=O)(=O)C2(C)CC2)C[C@H]1C=C. The molecule has 0 radical (unpaired) electrons. The highest BCUT2D eigenvalue weighted by Crippen LogP contribution is 2.47. The second-order valence-electron chi connectivity index (χ2n) is 14.3. The van der Waals surface area contributed by atoms with Crippen LogP contribution in [-0.2, 0) is 29.1 Å². The average molecular weight is 653 g/mol. The largest absolute Gasteiger partial charge is 0.444 e. The molecule has 254 valence electrons. The van der Waals surface area contributed by atoms with Crippen LogP contribution in [0.15, 0.2) is 25.3 Å². The third-order valence-corrected chi connectivity index (χ3v) is 11.4. The molecule has 12 nitrogen and oxygen atoms in total. The van der Waals surface area contributed by atoms with Crippen LogP contribution in [0.25, 0.3) is 0 Å². The Morgan fingerprint density at radius 3 is 2.33 bits per heavy atom. The predicted octanol–water partition coefficient (Wildman–Crippen LogP) is 2.92. The number of alkyl carbamates (subject to hydrolysis) is 1. The fourth-order valence-corrected chi connectivity index (χ4v) is 7.31. The number of carbonyl (C=O) groups excluding carboxylic acids is 4. The van der Waals surface area contributed by atoms with Crippen LogP contribution in [0.2, 0.25) is 0 Å². The Balaban J connectivity index is 1.85. The van der Waals surface area contributed by atoms with Crippen LogP contribution in [0.4, 0.5) is 4.79 Å². The second kappa shape index (κ2) is 13.8. The summed E-state index contributed by atoms with van der Waals surface area (Å²) < 4.78 is 32.2. The zero-order valence-electron chi connectivity index (χ0n) is 27.6. The van der Waals surface area contributed by atoms with Crippen molar-refractivity contribution in [2.24, 2.45) is 17.8 Å². The van der Waals surface area contributed by atoms with Crippen LogP contribution in [0.1, 0.15) is 92.9 Å². The number of likely N-dealkylation sites (tertiary alicyclic amines) is 1. The van der Waals surface area contributed by atoms with Crippen LogP contribution < -0.4 is 15.4 Å². The molecule has 2 aliphatic carbocycles. The van der Waals surface area contributed by atoms with Crippen molar-refractivity contribution in [2.45, 2.75) is 127 Å². The molecule has 1 aliphatic heterocycles. The number of nitrogens with one attached hydrogen (secondary N) is 3. The van der Waals surface area contributed by atoms with E-state index in [1.54, 1.807) is 27.7 Å². The van der Waals surface area contributed by atoms with Gasteiger partial charge in [-0.25, -0.2) is 13.2 Å². The third-order valence-electron chi connectivity index (χ3n) is 9.25. The van der Waals surface area contributed by atoms with Gasteiger partial charge in [-0.3, -0.25) is 19.1 Å². The van der Waals surface area contributed by atoms with Crippen molar-refractivity contribution in [1.82, 2.24) is 20.3 Å². The standard InChI is InChI=1S/C32H52N4O8S/c1-9-12-13-20(4)16-21(10-2)25(33-29(41)44-30(5,6)7)27(39)36-19-23(37)17-24(36)26(38)34-32(18-22(32)11-3)28(40)35-45(42,43)31(8)14-15-31/h9,11,20-25,37H,1,3,10,12-19H2,2,4-8H3,(H,33,41)(H,34,38)(H,35,40)/t20?,21-,22-,23-,24+,25+,32-/m1/s1. The van der Waals surface area contributed by atoms with E-state index in [1.807, 2.05) is 13.0 Å². The lowest BCUT2D eigenvalue weighted by Crippen LogP contribution is -2.59. The lowest BCUT2D eigenvalue weighted by molar-refractivity contribution is -0.142. The molecular weight excluding hydrogens is 600 g/mol. The van der Waals surface area contributed by atoms with E-state index in [-0.39, 0.29) is 31.2 Å². The molecule has 0 bridgehead atoms. The molecule has 4 amide bonds. The van der Waals surface area contributed by atoms with Crippen molar-refractivity contribution in [1.29, 1.82) is 0 Å².